The molecule has 0 amide bonds. The van der Waals surface area contributed by atoms with Gasteiger partial charge in [-0.3, -0.25) is 0 Å². The first kappa shape index (κ1) is 25.5. The van der Waals surface area contributed by atoms with E-state index in [-0.39, 0.29) is 23.7 Å². The minimum Gasteiger partial charge on any atom is -0.393 e. The van der Waals surface area contributed by atoms with Gasteiger partial charge in [0.25, 0.3) is 0 Å². The Kier molecular flexibility index (Phi) is 5.94. The Labute approximate surface area is 207 Å². The molecule has 0 radical (unpaired) electrons. The maximum atomic E-state index is 11.7. The van der Waals surface area contributed by atoms with Gasteiger partial charge < -0.3 is 20.4 Å². The lowest BCUT2D eigenvalue weighted by Crippen LogP contribution is -2.71. The summed E-state index contributed by atoms with van der Waals surface area (Å²) in [7, 11) is 0. The van der Waals surface area contributed by atoms with Crippen LogP contribution in [-0.4, -0.2) is 44.3 Å². The van der Waals surface area contributed by atoms with Crippen molar-refractivity contribution in [2.75, 3.05) is 0 Å². The summed E-state index contributed by atoms with van der Waals surface area (Å²) in [5.74, 6) is 4.27. The van der Waals surface area contributed by atoms with Gasteiger partial charge in [0.05, 0.1) is 23.9 Å². The molecular weight excluding hydrogens is 424 g/mol. The van der Waals surface area contributed by atoms with Crippen molar-refractivity contribution in [3.05, 3.63) is 0 Å². The highest BCUT2D eigenvalue weighted by atomic mass is 16.3. The molecule has 0 aromatic heterocycles. The first-order chi connectivity index (χ1) is 15.7. The minimum absolute atomic E-state index is 0.00712. The van der Waals surface area contributed by atoms with Gasteiger partial charge in [0, 0.05) is 11.8 Å². The van der Waals surface area contributed by atoms with Crippen molar-refractivity contribution in [1.29, 1.82) is 0 Å². The van der Waals surface area contributed by atoms with Crippen LogP contribution in [0.1, 0.15) is 99.8 Å². The molecule has 4 nitrogen and oxygen atoms in total. The van der Waals surface area contributed by atoms with Gasteiger partial charge in [0.1, 0.15) is 0 Å². The molecule has 5 saturated carbocycles. The average Bonchev–Trinajstić information content (AvgIpc) is 3.32. The van der Waals surface area contributed by atoms with Crippen molar-refractivity contribution in [2.45, 2.75) is 124 Å². The molecule has 0 aromatic carbocycles. The highest BCUT2D eigenvalue weighted by Crippen LogP contribution is 2.72. The van der Waals surface area contributed by atoms with Gasteiger partial charge >= 0.3 is 0 Å². The van der Waals surface area contributed by atoms with E-state index >= 15 is 0 Å². The fourth-order valence-corrected chi connectivity index (χ4v) is 11.1. The molecule has 0 spiro atoms. The van der Waals surface area contributed by atoms with Crippen LogP contribution in [0.15, 0.2) is 0 Å². The largest absolute Gasteiger partial charge is 0.393 e. The molecule has 0 unspecified atom stereocenters. The van der Waals surface area contributed by atoms with E-state index < -0.39 is 29.3 Å². The third-order valence-electron chi connectivity index (χ3n) is 13.5. The van der Waals surface area contributed by atoms with E-state index in [1.165, 1.54) is 19.3 Å². The van der Waals surface area contributed by atoms with Crippen LogP contribution in [0.25, 0.3) is 0 Å². The van der Waals surface area contributed by atoms with Gasteiger partial charge in [-0.25, -0.2) is 0 Å². The van der Waals surface area contributed by atoms with Crippen LogP contribution in [0.5, 0.6) is 0 Å². The molecular formula is C30H52O4. The SMILES string of the molecule is CC(C)[C@@H](C)[C@@]1(C)C[C@@H]1[C@@H](C)[C@H]1CC[C@H]2[C@@H]3C[C@@H](O)[C@@]4(O)C[C@@H](O)CC[C@]4(C)[C@H]3[C@H](O)C[C@]12C. The molecule has 5 rings (SSSR count). The fraction of sp³-hybridized carbons (Fsp3) is 1.00. The van der Waals surface area contributed by atoms with Crippen molar-refractivity contribution in [3.8, 4) is 0 Å². The number of fused-ring (bicyclic) bond motifs is 5. The normalized spacial score (nSPS) is 58.6. The van der Waals surface area contributed by atoms with Gasteiger partial charge in [0.2, 0.25) is 0 Å². The van der Waals surface area contributed by atoms with Crippen LogP contribution in [-0.2, 0) is 0 Å². The van der Waals surface area contributed by atoms with Crippen molar-refractivity contribution < 1.29 is 20.4 Å². The summed E-state index contributed by atoms with van der Waals surface area (Å²) in [5.41, 5.74) is -1.29. The number of hydrogen-bond acceptors (Lipinski definition) is 4. The predicted octanol–water partition coefficient (Wildman–Crippen LogP) is 5.02. The smallest absolute Gasteiger partial charge is 0.0986 e. The molecule has 0 saturated heterocycles. The van der Waals surface area contributed by atoms with E-state index in [1.54, 1.807) is 0 Å². The number of hydrogen-bond donors (Lipinski definition) is 4. The van der Waals surface area contributed by atoms with E-state index in [4.69, 9.17) is 0 Å². The molecule has 196 valence electrons. The molecule has 34 heavy (non-hydrogen) atoms. The second-order valence-electron chi connectivity index (χ2n) is 15.0. The molecule has 4 N–H and O–H groups in total. The van der Waals surface area contributed by atoms with E-state index in [9.17, 15) is 20.4 Å². The summed E-state index contributed by atoms with van der Waals surface area (Å²) in [6.07, 6.45) is 4.87. The van der Waals surface area contributed by atoms with Crippen molar-refractivity contribution in [3.63, 3.8) is 0 Å². The lowest BCUT2D eigenvalue weighted by atomic mass is 9.41. The topological polar surface area (TPSA) is 80.9 Å². The maximum absolute atomic E-state index is 11.7. The maximum Gasteiger partial charge on any atom is 0.0986 e. The number of aliphatic hydroxyl groups is 4. The lowest BCUT2D eigenvalue weighted by Gasteiger charge is -2.66. The van der Waals surface area contributed by atoms with Gasteiger partial charge in [-0.05, 0) is 103 Å². The van der Waals surface area contributed by atoms with Crippen molar-refractivity contribution in [2.24, 2.45) is 63.6 Å². The lowest BCUT2D eigenvalue weighted by molar-refractivity contribution is -0.283. The highest BCUT2D eigenvalue weighted by Gasteiger charge is 2.70. The van der Waals surface area contributed by atoms with Crippen molar-refractivity contribution >= 4 is 0 Å². The van der Waals surface area contributed by atoms with Crippen LogP contribution < -0.4 is 0 Å². The Balaban J connectivity index is 1.41. The summed E-state index contributed by atoms with van der Waals surface area (Å²) in [6, 6.07) is 0. The molecule has 0 aromatic rings. The molecule has 0 heterocycles. The Hall–Kier alpha value is -0.160. The summed E-state index contributed by atoms with van der Waals surface area (Å²) in [6.45, 7) is 16.7. The standard InChI is InChI=1S/C30H52O4/c1-16(2)18(4)27(5)14-23(27)17(3)21-8-9-22-20-12-25(33)30(34)13-19(31)10-11-29(30,7)26(20)24(32)15-28(21,22)6/h16-26,31-34H,8-15H2,1-7H3/t17-,18+,19-,20-,21+,22-,23+,24+,25+,26+,27+,28+,29+,30-/m0/s1. The van der Waals surface area contributed by atoms with E-state index in [0.29, 0.717) is 48.3 Å². The molecule has 0 bridgehead atoms. The van der Waals surface area contributed by atoms with Crippen LogP contribution in [0.3, 0.4) is 0 Å². The number of rotatable bonds is 4. The molecule has 5 aliphatic rings. The molecule has 4 heteroatoms. The van der Waals surface area contributed by atoms with E-state index in [2.05, 4.69) is 48.5 Å². The third-order valence-corrected chi connectivity index (χ3v) is 13.5. The average molecular weight is 477 g/mol. The fourth-order valence-electron chi connectivity index (χ4n) is 11.1. The van der Waals surface area contributed by atoms with Gasteiger partial charge in [0.15, 0.2) is 0 Å². The quantitative estimate of drug-likeness (QED) is 0.459. The minimum atomic E-state index is -1.30. The Morgan fingerprint density at radius 2 is 1.50 bits per heavy atom. The predicted molar refractivity (Wildman–Crippen MR) is 135 cm³/mol. The van der Waals surface area contributed by atoms with Crippen LogP contribution in [0.4, 0.5) is 0 Å². The monoisotopic (exact) mass is 476 g/mol. The third kappa shape index (κ3) is 3.23. The second kappa shape index (κ2) is 7.92. The zero-order valence-electron chi connectivity index (χ0n) is 22.8. The van der Waals surface area contributed by atoms with Crippen LogP contribution >= 0.6 is 0 Å². The summed E-state index contributed by atoms with van der Waals surface area (Å²) in [5, 5.41) is 45.1. The van der Waals surface area contributed by atoms with Gasteiger partial charge in [-0.15, -0.1) is 0 Å². The Bertz CT molecular complexity index is 799. The first-order valence-electron chi connectivity index (χ1n) is 14.5. The molecule has 14 atom stereocenters. The van der Waals surface area contributed by atoms with Gasteiger partial charge in [-0.1, -0.05) is 48.5 Å². The summed E-state index contributed by atoms with van der Waals surface area (Å²) in [4.78, 5) is 0. The first-order valence-corrected chi connectivity index (χ1v) is 14.5. The molecule has 0 aliphatic heterocycles. The molecule has 5 fully saturated rings. The highest BCUT2D eigenvalue weighted by molar-refractivity contribution is 5.19. The van der Waals surface area contributed by atoms with Crippen LogP contribution in [0.2, 0.25) is 0 Å². The summed E-state index contributed by atoms with van der Waals surface area (Å²) < 4.78 is 0. The molecule has 5 aliphatic carbocycles. The van der Waals surface area contributed by atoms with Crippen LogP contribution in [0, 0.1) is 63.6 Å². The summed E-state index contributed by atoms with van der Waals surface area (Å²) >= 11 is 0. The van der Waals surface area contributed by atoms with E-state index in [1.807, 2.05) is 0 Å². The van der Waals surface area contributed by atoms with E-state index in [0.717, 1.165) is 18.3 Å². The zero-order valence-corrected chi connectivity index (χ0v) is 22.8. The zero-order chi connectivity index (χ0) is 25.0. The van der Waals surface area contributed by atoms with Gasteiger partial charge in [-0.2, -0.15) is 0 Å². The Morgan fingerprint density at radius 3 is 2.15 bits per heavy atom. The number of aliphatic hydroxyl groups excluding tert-OH is 3. The Morgan fingerprint density at radius 1 is 0.824 bits per heavy atom. The second-order valence-corrected chi connectivity index (χ2v) is 15.0. The van der Waals surface area contributed by atoms with Crippen molar-refractivity contribution in [1.82, 2.24) is 0 Å².